The van der Waals surface area contributed by atoms with Crippen LogP contribution in [0.1, 0.15) is 37.0 Å². The van der Waals surface area contributed by atoms with Crippen molar-refractivity contribution in [3.05, 3.63) is 23.8 Å². The van der Waals surface area contributed by atoms with Crippen LogP contribution in [0.3, 0.4) is 0 Å². The third-order valence-electron chi connectivity index (χ3n) is 4.07. The van der Waals surface area contributed by atoms with Crippen LogP contribution in [0.2, 0.25) is 0 Å². The average molecular weight is 374 g/mol. The molecule has 1 aromatic rings. The third-order valence-corrected chi connectivity index (χ3v) is 4.07. The Balaban J connectivity index is 0.00000576. The van der Waals surface area contributed by atoms with E-state index in [2.05, 4.69) is 10.6 Å². The fourth-order valence-corrected chi connectivity index (χ4v) is 2.00. The summed E-state index contributed by atoms with van der Waals surface area (Å²) in [6.07, 6.45) is 1.55. The van der Waals surface area contributed by atoms with Crippen LogP contribution >= 0.6 is 12.4 Å². The number of amides is 2. The summed E-state index contributed by atoms with van der Waals surface area (Å²) >= 11 is 0. The maximum absolute atomic E-state index is 12.3. The first-order valence-electron chi connectivity index (χ1n) is 7.97. The van der Waals surface area contributed by atoms with E-state index >= 15 is 0 Å². The van der Waals surface area contributed by atoms with Crippen LogP contribution < -0.4 is 25.8 Å². The second-order valence-electron chi connectivity index (χ2n) is 5.58. The molecule has 0 saturated carbocycles. The molecule has 8 heteroatoms. The molecule has 4 N–H and O–H groups in total. The normalized spacial score (nSPS) is 10.4. The maximum Gasteiger partial charge on any atom is 0.257 e. The van der Waals surface area contributed by atoms with Gasteiger partial charge in [-0.05, 0) is 31.0 Å². The molecular formula is C17H28ClN3O4. The van der Waals surface area contributed by atoms with Crippen molar-refractivity contribution in [2.45, 2.75) is 32.2 Å². The van der Waals surface area contributed by atoms with Crippen molar-refractivity contribution in [2.75, 3.05) is 27.3 Å². The third kappa shape index (κ3) is 6.80. The molecule has 0 aliphatic heterocycles. The molecule has 0 saturated heterocycles. The van der Waals surface area contributed by atoms with Crippen molar-refractivity contribution in [3.8, 4) is 11.5 Å². The smallest absolute Gasteiger partial charge is 0.257 e. The summed E-state index contributed by atoms with van der Waals surface area (Å²) in [5.41, 5.74) is 6.22. The first-order chi connectivity index (χ1) is 11.4. The Bertz CT molecular complexity index is 577. The molecule has 142 valence electrons. The molecule has 0 aliphatic carbocycles. The lowest BCUT2D eigenvalue weighted by molar-refractivity contribution is -0.122. The van der Waals surface area contributed by atoms with Crippen molar-refractivity contribution >= 4 is 24.2 Å². The van der Waals surface area contributed by atoms with Gasteiger partial charge in [0, 0.05) is 24.7 Å². The highest BCUT2D eigenvalue weighted by molar-refractivity contribution is 5.95. The van der Waals surface area contributed by atoms with Crippen molar-refractivity contribution < 1.29 is 19.1 Å². The number of nitrogens with two attached hydrogens (primary N) is 1. The predicted molar refractivity (Wildman–Crippen MR) is 99.6 cm³/mol. The minimum atomic E-state index is -0.406. The van der Waals surface area contributed by atoms with Crippen LogP contribution in [-0.4, -0.2) is 44.7 Å². The average Bonchev–Trinajstić information content (AvgIpc) is 2.63. The summed E-state index contributed by atoms with van der Waals surface area (Å²) in [4.78, 5) is 23.5. The van der Waals surface area contributed by atoms with E-state index in [1.165, 1.54) is 14.2 Å². The zero-order chi connectivity index (χ0) is 18.2. The lowest BCUT2D eigenvalue weighted by Gasteiger charge is -2.26. The number of carbonyl (C=O) groups is 2. The van der Waals surface area contributed by atoms with Gasteiger partial charge < -0.3 is 25.8 Å². The number of ether oxygens (including phenoxy) is 2. The summed E-state index contributed by atoms with van der Waals surface area (Å²) in [7, 11) is 3.00. The first kappa shape index (κ1) is 23.0. The van der Waals surface area contributed by atoms with Gasteiger partial charge in [0.15, 0.2) is 18.1 Å². The van der Waals surface area contributed by atoms with Gasteiger partial charge in [-0.3, -0.25) is 9.59 Å². The Morgan fingerprint density at radius 2 is 1.84 bits per heavy atom. The van der Waals surface area contributed by atoms with Gasteiger partial charge in [0.05, 0.1) is 7.11 Å². The van der Waals surface area contributed by atoms with Gasteiger partial charge in [-0.1, -0.05) is 13.8 Å². The number of halogens is 1. The van der Waals surface area contributed by atoms with Crippen LogP contribution in [-0.2, 0) is 4.79 Å². The summed E-state index contributed by atoms with van der Waals surface area (Å²) in [5.74, 6) is 0.296. The summed E-state index contributed by atoms with van der Waals surface area (Å²) in [5, 5.41) is 5.31. The number of hydrogen-bond acceptors (Lipinski definition) is 5. The van der Waals surface area contributed by atoms with Gasteiger partial charge in [0.2, 0.25) is 0 Å². The molecule has 1 rings (SSSR count). The predicted octanol–water partition coefficient (Wildman–Crippen LogP) is 1.49. The number of hydrogen-bond donors (Lipinski definition) is 3. The van der Waals surface area contributed by atoms with Gasteiger partial charge in [-0.2, -0.15) is 0 Å². The number of likely N-dealkylation sites (N-methyl/N-ethyl adjacent to an activating group) is 1. The Hall–Kier alpha value is -1.99. The van der Waals surface area contributed by atoms with Crippen LogP contribution in [0.5, 0.6) is 11.5 Å². The maximum atomic E-state index is 12.3. The molecular weight excluding hydrogens is 346 g/mol. The van der Waals surface area contributed by atoms with E-state index in [4.69, 9.17) is 15.2 Å². The van der Waals surface area contributed by atoms with E-state index in [0.29, 0.717) is 23.6 Å². The standard InChI is InChI=1S/C17H27N3O4.ClH/c1-5-17(18,6-2)11-20-16(22)12-7-8-13(14(9-12)23-4)24-10-15(21)19-3;/h7-9H,5-6,10-11,18H2,1-4H3,(H,19,21)(H,20,22);1H. The lowest BCUT2D eigenvalue weighted by Crippen LogP contribution is -2.49. The molecule has 0 radical (unpaired) electrons. The Morgan fingerprint density at radius 1 is 1.20 bits per heavy atom. The molecule has 2 amide bonds. The summed E-state index contributed by atoms with van der Waals surface area (Å²) in [6.45, 7) is 4.27. The Labute approximate surface area is 155 Å². The van der Waals surface area contributed by atoms with Crippen LogP contribution in [0.4, 0.5) is 0 Å². The summed E-state index contributed by atoms with van der Waals surface area (Å²) in [6, 6.07) is 4.80. The second-order valence-corrected chi connectivity index (χ2v) is 5.58. The number of benzene rings is 1. The van der Waals surface area contributed by atoms with E-state index in [9.17, 15) is 9.59 Å². The van der Waals surface area contributed by atoms with Crippen LogP contribution in [0.15, 0.2) is 18.2 Å². The molecule has 0 atom stereocenters. The van der Waals surface area contributed by atoms with Crippen LogP contribution in [0.25, 0.3) is 0 Å². The zero-order valence-corrected chi connectivity index (χ0v) is 16.0. The van der Waals surface area contributed by atoms with Gasteiger partial charge >= 0.3 is 0 Å². The second kappa shape index (κ2) is 10.8. The van der Waals surface area contributed by atoms with Crippen molar-refractivity contribution in [1.82, 2.24) is 10.6 Å². The van der Waals surface area contributed by atoms with Gasteiger partial charge in [-0.15, -0.1) is 12.4 Å². The van der Waals surface area contributed by atoms with E-state index < -0.39 is 5.54 Å². The van der Waals surface area contributed by atoms with Gasteiger partial charge in [0.25, 0.3) is 11.8 Å². The van der Waals surface area contributed by atoms with Gasteiger partial charge in [0.1, 0.15) is 0 Å². The molecule has 0 unspecified atom stereocenters. The highest BCUT2D eigenvalue weighted by atomic mass is 35.5. The molecule has 0 heterocycles. The van der Waals surface area contributed by atoms with E-state index in [-0.39, 0.29) is 30.8 Å². The quantitative estimate of drug-likeness (QED) is 0.608. The molecule has 7 nitrogen and oxygen atoms in total. The van der Waals surface area contributed by atoms with E-state index in [1.807, 2.05) is 13.8 Å². The van der Waals surface area contributed by atoms with E-state index in [1.54, 1.807) is 18.2 Å². The van der Waals surface area contributed by atoms with Gasteiger partial charge in [-0.25, -0.2) is 0 Å². The molecule has 0 aliphatic rings. The largest absolute Gasteiger partial charge is 0.493 e. The van der Waals surface area contributed by atoms with E-state index in [0.717, 1.165) is 12.8 Å². The molecule has 0 fully saturated rings. The highest BCUT2D eigenvalue weighted by Gasteiger charge is 2.21. The number of rotatable bonds is 9. The molecule has 1 aromatic carbocycles. The highest BCUT2D eigenvalue weighted by Crippen LogP contribution is 2.28. The Kier molecular flexibility index (Phi) is 9.93. The Morgan fingerprint density at radius 3 is 2.36 bits per heavy atom. The molecule has 25 heavy (non-hydrogen) atoms. The number of carbonyl (C=O) groups excluding carboxylic acids is 2. The molecule has 0 aromatic heterocycles. The minimum absolute atomic E-state index is 0. The van der Waals surface area contributed by atoms with Crippen molar-refractivity contribution in [3.63, 3.8) is 0 Å². The molecule has 0 spiro atoms. The summed E-state index contributed by atoms with van der Waals surface area (Å²) < 4.78 is 10.6. The first-order valence-corrected chi connectivity index (χ1v) is 7.97. The number of methoxy groups -OCH3 is 1. The zero-order valence-electron chi connectivity index (χ0n) is 15.2. The topological polar surface area (TPSA) is 103 Å². The fraction of sp³-hybridized carbons (Fsp3) is 0.529. The monoisotopic (exact) mass is 373 g/mol. The SMILES string of the molecule is CCC(N)(CC)CNC(=O)c1ccc(OCC(=O)NC)c(OC)c1.Cl. The fourth-order valence-electron chi connectivity index (χ4n) is 2.00. The van der Waals surface area contributed by atoms with Crippen molar-refractivity contribution in [2.24, 2.45) is 5.73 Å². The van der Waals surface area contributed by atoms with Crippen molar-refractivity contribution in [1.29, 1.82) is 0 Å². The number of nitrogens with one attached hydrogen (secondary N) is 2. The minimum Gasteiger partial charge on any atom is -0.493 e. The molecule has 0 bridgehead atoms. The van der Waals surface area contributed by atoms with Crippen LogP contribution in [0, 0.1) is 0 Å². The lowest BCUT2D eigenvalue weighted by atomic mass is 9.94.